The highest BCUT2D eigenvalue weighted by molar-refractivity contribution is 5.88. The fourth-order valence-corrected chi connectivity index (χ4v) is 2.34. The minimum absolute atomic E-state index is 0.185. The van der Waals surface area contributed by atoms with Crippen LogP contribution in [0, 0.1) is 28.6 Å². The van der Waals surface area contributed by atoms with Crippen molar-refractivity contribution >= 4 is 16.7 Å². The van der Waals surface area contributed by atoms with E-state index >= 15 is 0 Å². The van der Waals surface area contributed by atoms with Gasteiger partial charge in [0.05, 0.1) is 24.7 Å². The maximum Gasteiger partial charge on any atom is 0.325 e. The molecule has 4 nitrogen and oxygen atoms in total. The van der Waals surface area contributed by atoms with E-state index in [1.807, 2.05) is 42.5 Å². The summed E-state index contributed by atoms with van der Waals surface area (Å²) in [5.41, 5.74) is 0.676. The second kappa shape index (κ2) is 6.54. The van der Waals surface area contributed by atoms with Gasteiger partial charge in [0, 0.05) is 0 Å². The number of rotatable bonds is 4. The molecule has 21 heavy (non-hydrogen) atoms. The predicted octanol–water partition coefficient (Wildman–Crippen LogP) is 3.15. The topological polar surface area (TPSA) is 73.9 Å². The maximum absolute atomic E-state index is 11.9. The van der Waals surface area contributed by atoms with Gasteiger partial charge in [0.15, 0.2) is 5.92 Å². The molecule has 0 aromatic heterocycles. The Bertz CT molecular complexity index is 735. The van der Waals surface area contributed by atoms with Crippen LogP contribution in [0.5, 0.6) is 0 Å². The molecule has 0 aliphatic heterocycles. The smallest absolute Gasteiger partial charge is 0.325 e. The first-order chi connectivity index (χ1) is 10.2. The monoisotopic (exact) mass is 278 g/mol. The molecule has 0 fully saturated rings. The van der Waals surface area contributed by atoms with Crippen LogP contribution in [0.25, 0.3) is 10.8 Å². The summed E-state index contributed by atoms with van der Waals surface area (Å²) >= 11 is 0. The summed E-state index contributed by atoms with van der Waals surface area (Å²) in [6.45, 7) is 1.86. The molecular weight excluding hydrogens is 264 g/mol. The molecule has 104 valence electrons. The summed E-state index contributed by atoms with van der Waals surface area (Å²) in [6, 6.07) is 17.1. The van der Waals surface area contributed by atoms with E-state index in [4.69, 9.17) is 4.74 Å². The zero-order valence-corrected chi connectivity index (χ0v) is 11.6. The van der Waals surface area contributed by atoms with Crippen molar-refractivity contribution < 1.29 is 9.53 Å². The van der Waals surface area contributed by atoms with Gasteiger partial charge in [-0.05, 0) is 23.3 Å². The lowest BCUT2D eigenvalue weighted by molar-refractivity contribution is -0.146. The van der Waals surface area contributed by atoms with E-state index in [2.05, 4.69) is 6.07 Å². The second-order valence-corrected chi connectivity index (χ2v) is 4.53. The van der Waals surface area contributed by atoms with Crippen molar-refractivity contribution in [3.63, 3.8) is 0 Å². The molecule has 0 amide bonds. The first kappa shape index (κ1) is 14.6. The average Bonchev–Trinajstić information content (AvgIpc) is 2.52. The number of carbonyl (C=O) groups is 1. The average molecular weight is 278 g/mol. The molecule has 0 bridgehead atoms. The molecule has 0 heterocycles. The van der Waals surface area contributed by atoms with E-state index in [1.165, 1.54) is 0 Å². The zero-order chi connectivity index (χ0) is 15.2. The van der Waals surface area contributed by atoms with Crippen LogP contribution in [-0.2, 0) is 9.53 Å². The third-order valence-electron chi connectivity index (χ3n) is 3.31. The van der Waals surface area contributed by atoms with E-state index < -0.39 is 17.8 Å². The molecule has 0 N–H and O–H groups in total. The molecule has 0 saturated heterocycles. The quantitative estimate of drug-likeness (QED) is 0.805. The number of hydrogen-bond donors (Lipinski definition) is 0. The fourth-order valence-electron chi connectivity index (χ4n) is 2.34. The number of carbonyl (C=O) groups excluding carboxylic acids is 1. The highest BCUT2D eigenvalue weighted by Gasteiger charge is 2.32. The standard InChI is InChI=1S/C17H14N2O2/c1-2-21-17(20)16(11-19)15(10-18)14-9-5-7-12-6-3-4-8-13(12)14/h3-9,15-16H,2H2,1H3. The Hall–Kier alpha value is -2.85. The Kier molecular flexibility index (Phi) is 4.53. The Morgan fingerprint density at radius 2 is 1.86 bits per heavy atom. The van der Waals surface area contributed by atoms with Gasteiger partial charge in [-0.25, -0.2) is 0 Å². The molecule has 2 atom stereocenters. The molecule has 4 heteroatoms. The lowest BCUT2D eigenvalue weighted by Crippen LogP contribution is -2.22. The van der Waals surface area contributed by atoms with Crippen LogP contribution < -0.4 is 0 Å². The number of benzene rings is 2. The molecule has 0 aliphatic carbocycles. The lowest BCUT2D eigenvalue weighted by atomic mass is 9.85. The van der Waals surface area contributed by atoms with E-state index in [0.717, 1.165) is 10.8 Å². The van der Waals surface area contributed by atoms with Gasteiger partial charge in [-0.1, -0.05) is 42.5 Å². The summed E-state index contributed by atoms with van der Waals surface area (Å²) in [5, 5.41) is 20.5. The second-order valence-electron chi connectivity index (χ2n) is 4.53. The Morgan fingerprint density at radius 1 is 1.14 bits per heavy atom. The van der Waals surface area contributed by atoms with Crippen molar-refractivity contribution in [2.24, 2.45) is 5.92 Å². The molecule has 2 rings (SSSR count). The van der Waals surface area contributed by atoms with Gasteiger partial charge >= 0.3 is 5.97 Å². The Balaban J connectivity index is 2.52. The van der Waals surface area contributed by atoms with Gasteiger partial charge in [0.2, 0.25) is 0 Å². The van der Waals surface area contributed by atoms with Gasteiger partial charge < -0.3 is 4.74 Å². The first-order valence-corrected chi connectivity index (χ1v) is 6.66. The number of nitriles is 2. The molecule has 2 aromatic carbocycles. The van der Waals surface area contributed by atoms with E-state index in [9.17, 15) is 15.3 Å². The van der Waals surface area contributed by atoms with Crippen LogP contribution in [0.2, 0.25) is 0 Å². The highest BCUT2D eigenvalue weighted by atomic mass is 16.5. The van der Waals surface area contributed by atoms with Crippen molar-refractivity contribution in [3.05, 3.63) is 48.0 Å². The number of fused-ring (bicyclic) bond motifs is 1. The summed E-state index contributed by atoms with van der Waals surface area (Å²) in [4.78, 5) is 11.9. The van der Waals surface area contributed by atoms with Crippen molar-refractivity contribution in [2.45, 2.75) is 12.8 Å². The van der Waals surface area contributed by atoms with Crippen molar-refractivity contribution in [2.75, 3.05) is 6.61 Å². The molecular formula is C17H14N2O2. The summed E-state index contributed by atoms with van der Waals surface area (Å²) < 4.78 is 4.90. The van der Waals surface area contributed by atoms with Crippen LogP contribution in [0.1, 0.15) is 18.4 Å². The third-order valence-corrected chi connectivity index (χ3v) is 3.31. The molecule has 0 saturated carbocycles. The van der Waals surface area contributed by atoms with Crippen molar-refractivity contribution in [3.8, 4) is 12.1 Å². The first-order valence-electron chi connectivity index (χ1n) is 6.66. The molecule has 0 aliphatic rings. The number of nitrogens with zero attached hydrogens (tertiary/aromatic N) is 2. The zero-order valence-electron chi connectivity index (χ0n) is 11.6. The largest absolute Gasteiger partial charge is 0.465 e. The van der Waals surface area contributed by atoms with Gasteiger partial charge in [0.1, 0.15) is 0 Å². The van der Waals surface area contributed by atoms with Gasteiger partial charge in [-0.3, -0.25) is 4.79 Å². The van der Waals surface area contributed by atoms with Gasteiger partial charge in [-0.2, -0.15) is 10.5 Å². The van der Waals surface area contributed by atoms with Crippen LogP contribution in [0.3, 0.4) is 0 Å². The number of hydrogen-bond acceptors (Lipinski definition) is 4. The van der Waals surface area contributed by atoms with E-state index in [0.29, 0.717) is 5.56 Å². The minimum Gasteiger partial charge on any atom is -0.465 e. The van der Waals surface area contributed by atoms with Crippen LogP contribution in [0.15, 0.2) is 42.5 Å². The minimum atomic E-state index is -1.12. The Morgan fingerprint density at radius 3 is 2.52 bits per heavy atom. The SMILES string of the molecule is CCOC(=O)C(C#N)C(C#N)c1cccc2ccccc12. The summed E-state index contributed by atoms with van der Waals surface area (Å²) in [7, 11) is 0. The van der Waals surface area contributed by atoms with Gasteiger partial charge in [-0.15, -0.1) is 0 Å². The van der Waals surface area contributed by atoms with E-state index in [-0.39, 0.29) is 6.61 Å². The Labute approximate surface area is 123 Å². The van der Waals surface area contributed by atoms with Crippen molar-refractivity contribution in [1.29, 1.82) is 10.5 Å². The summed E-state index contributed by atoms with van der Waals surface area (Å²) in [6.07, 6.45) is 0. The van der Waals surface area contributed by atoms with Crippen LogP contribution in [-0.4, -0.2) is 12.6 Å². The molecule has 0 radical (unpaired) electrons. The predicted molar refractivity (Wildman–Crippen MR) is 78.0 cm³/mol. The normalized spacial score (nSPS) is 12.9. The van der Waals surface area contributed by atoms with Crippen LogP contribution in [0.4, 0.5) is 0 Å². The molecule has 0 spiro atoms. The summed E-state index contributed by atoms with van der Waals surface area (Å²) in [5.74, 6) is -2.62. The number of ether oxygens (including phenoxy) is 1. The van der Waals surface area contributed by atoms with Gasteiger partial charge in [0.25, 0.3) is 0 Å². The maximum atomic E-state index is 11.9. The lowest BCUT2D eigenvalue weighted by Gasteiger charge is -2.16. The number of esters is 1. The fraction of sp³-hybridized carbons (Fsp3) is 0.235. The van der Waals surface area contributed by atoms with Crippen LogP contribution >= 0.6 is 0 Å². The molecule has 2 aromatic rings. The van der Waals surface area contributed by atoms with Crippen molar-refractivity contribution in [1.82, 2.24) is 0 Å². The van der Waals surface area contributed by atoms with E-state index in [1.54, 1.807) is 13.0 Å². The third kappa shape index (κ3) is 2.85. The highest BCUT2D eigenvalue weighted by Crippen LogP contribution is 2.31. The molecule has 2 unspecified atom stereocenters.